The van der Waals surface area contributed by atoms with Crippen molar-refractivity contribution in [1.82, 2.24) is 4.90 Å². The molecule has 0 aliphatic heterocycles. The summed E-state index contributed by atoms with van der Waals surface area (Å²) in [6, 6.07) is 0. The van der Waals surface area contributed by atoms with Gasteiger partial charge < -0.3 is 14.7 Å². The quantitative estimate of drug-likeness (QED) is 0.719. The summed E-state index contributed by atoms with van der Waals surface area (Å²) < 4.78 is 4.44. The van der Waals surface area contributed by atoms with Crippen LogP contribution in [-0.2, 0) is 4.74 Å². The largest absolute Gasteiger partial charge is 0.394 e. The van der Waals surface area contributed by atoms with Crippen LogP contribution in [0.15, 0.2) is 12.7 Å². The lowest BCUT2D eigenvalue weighted by molar-refractivity contribution is 0.135. The van der Waals surface area contributed by atoms with Gasteiger partial charge in [0.15, 0.2) is 0 Å². The van der Waals surface area contributed by atoms with Crippen molar-refractivity contribution in [2.45, 2.75) is 27.2 Å². The molecule has 0 rings (SSSR count). The van der Waals surface area contributed by atoms with E-state index in [1.165, 1.54) is 19.5 Å². The molecular weight excluding hydrogens is 190 g/mol. The third kappa shape index (κ3) is 42.0. The van der Waals surface area contributed by atoms with Gasteiger partial charge in [0.2, 0.25) is 0 Å². The fourth-order valence-electron chi connectivity index (χ4n) is 0.631. The first-order valence-corrected chi connectivity index (χ1v) is 5.49. The van der Waals surface area contributed by atoms with Gasteiger partial charge in [-0.25, -0.2) is 0 Å². The number of hydrogen-bond acceptors (Lipinski definition) is 3. The van der Waals surface area contributed by atoms with Gasteiger partial charge in [-0.1, -0.05) is 19.9 Å². The minimum Gasteiger partial charge on any atom is -0.394 e. The van der Waals surface area contributed by atoms with E-state index in [1.54, 1.807) is 13.2 Å². The van der Waals surface area contributed by atoms with Crippen molar-refractivity contribution >= 4 is 0 Å². The second-order valence-electron chi connectivity index (χ2n) is 3.02. The molecule has 0 saturated heterocycles. The van der Waals surface area contributed by atoms with E-state index >= 15 is 0 Å². The Morgan fingerprint density at radius 2 is 1.87 bits per heavy atom. The minimum atomic E-state index is 0.122. The van der Waals surface area contributed by atoms with Crippen molar-refractivity contribution in [1.29, 1.82) is 0 Å². The van der Waals surface area contributed by atoms with Crippen LogP contribution in [0.1, 0.15) is 27.2 Å². The summed E-state index contributed by atoms with van der Waals surface area (Å²) in [5.74, 6) is 0. The van der Waals surface area contributed by atoms with E-state index in [0.29, 0.717) is 6.61 Å². The van der Waals surface area contributed by atoms with Gasteiger partial charge in [-0.2, -0.15) is 0 Å². The zero-order chi connectivity index (χ0) is 12.5. The van der Waals surface area contributed by atoms with Crippen molar-refractivity contribution in [2.75, 3.05) is 40.5 Å². The first kappa shape index (κ1) is 20.1. The highest BCUT2D eigenvalue weighted by atomic mass is 16.5. The van der Waals surface area contributed by atoms with Gasteiger partial charge >= 0.3 is 0 Å². The molecule has 0 aliphatic rings. The smallest absolute Gasteiger partial charge is 0.0693 e. The van der Waals surface area contributed by atoms with Crippen molar-refractivity contribution in [3.8, 4) is 0 Å². The van der Waals surface area contributed by atoms with Crippen molar-refractivity contribution in [3.05, 3.63) is 12.7 Å². The SMILES string of the molecule is C=CC.CCCN(C)CC.COCCO. The summed E-state index contributed by atoms with van der Waals surface area (Å²) in [7, 11) is 3.69. The van der Waals surface area contributed by atoms with E-state index in [1.807, 2.05) is 6.92 Å². The number of rotatable bonds is 5. The molecule has 0 unspecified atom stereocenters. The molecule has 0 aromatic heterocycles. The van der Waals surface area contributed by atoms with Gasteiger partial charge in [0.1, 0.15) is 0 Å². The maximum Gasteiger partial charge on any atom is 0.0693 e. The molecule has 0 fully saturated rings. The first-order valence-electron chi connectivity index (χ1n) is 5.49. The Hall–Kier alpha value is -0.380. The molecule has 0 heterocycles. The fourth-order valence-corrected chi connectivity index (χ4v) is 0.631. The fraction of sp³-hybridized carbons (Fsp3) is 0.833. The molecule has 0 aromatic carbocycles. The normalized spacial score (nSPS) is 8.47. The molecule has 0 saturated carbocycles. The number of hydrogen-bond donors (Lipinski definition) is 1. The Morgan fingerprint density at radius 1 is 1.40 bits per heavy atom. The van der Waals surface area contributed by atoms with Crippen LogP contribution in [0.3, 0.4) is 0 Å². The van der Waals surface area contributed by atoms with Crippen LogP contribution in [0.25, 0.3) is 0 Å². The third-order valence-corrected chi connectivity index (χ3v) is 1.44. The number of allylic oxidation sites excluding steroid dienone is 1. The lowest BCUT2D eigenvalue weighted by Crippen LogP contribution is -2.17. The number of methoxy groups -OCH3 is 1. The molecule has 1 N–H and O–H groups in total. The molecular formula is C12H29NO2. The van der Waals surface area contributed by atoms with Crippen molar-refractivity contribution in [3.63, 3.8) is 0 Å². The molecule has 0 aromatic rings. The van der Waals surface area contributed by atoms with Crippen molar-refractivity contribution in [2.24, 2.45) is 0 Å². The summed E-state index contributed by atoms with van der Waals surface area (Å²) in [5.41, 5.74) is 0. The predicted octanol–water partition coefficient (Wildman–Crippen LogP) is 2.17. The monoisotopic (exact) mass is 219 g/mol. The highest BCUT2D eigenvalue weighted by Gasteiger charge is 1.86. The summed E-state index contributed by atoms with van der Waals surface area (Å²) in [6.45, 7) is 12.6. The average molecular weight is 219 g/mol. The highest BCUT2D eigenvalue weighted by Crippen LogP contribution is 1.82. The average Bonchev–Trinajstić information content (AvgIpc) is 2.21. The molecule has 0 radical (unpaired) electrons. The topological polar surface area (TPSA) is 32.7 Å². The second kappa shape index (κ2) is 23.4. The van der Waals surface area contributed by atoms with E-state index in [0.717, 1.165) is 0 Å². The van der Waals surface area contributed by atoms with Crippen LogP contribution >= 0.6 is 0 Å². The molecule has 0 spiro atoms. The van der Waals surface area contributed by atoms with Crippen LogP contribution in [0.2, 0.25) is 0 Å². The third-order valence-electron chi connectivity index (χ3n) is 1.44. The summed E-state index contributed by atoms with van der Waals surface area (Å²) in [5, 5.41) is 7.94. The molecule has 0 bridgehead atoms. The van der Waals surface area contributed by atoms with Crippen LogP contribution in [0.4, 0.5) is 0 Å². The van der Waals surface area contributed by atoms with Crippen LogP contribution in [-0.4, -0.2) is 50.5 Å². The summed E-state index contributed by atoms with van der Waals surface area (Å²) >= 11 is 0. The van der Waals surface area contributed by atoms with Crippen LogP contribution in [0.5, 0.6) is 0 Å². The Kier molecular flexibility index (Phi) is 31.4. The van der Waals surface area contributed by atoms with Crippen LogP contribution in [0, 0.1) is 0 Å². The number of aliphatic hydroxyl groups excluding tert-OH is 1. The lowest BCUT2D eigenvalue weighted by Gasteiger charge is -2.10. The van der Waals surface area contributed by atoms with Gasteiger partial charge in [-0.15, -0.1) is 6.58 Å². The summed E-state index contributed by atoms with van der Waals surface area (Å²) in [6.07, 6.45) is 3.02. The second-order valence-corrected chi connectivity index (χ2v) is 3.02. The van der Waals surface area contributed by atoms with E-state index in [9.17, 15) is 0 Å². The number of nitrogens with zero attached hydrogens (tertiary/aromatic N) is 1. The molecule has 3 heteroatoms. The van der Waals surface area contributed by atoms with Gasteiger partial charge in [-0.3, -0.25) is 0 Å². The lowest BCUT2D eigenvalue weighted by atomic mass is 10.4. The Bertz CT molecular complexity index is 95.6. The molecule has 3 nitrogen and oxygen atoms in total. The Morgan fingerprint density at radius 3 is 1.93 bits per heavy atom. The van der Waals surface area contributed by atoms with Gasteiger partial charge in [0.05, 0.1) is 13.2 Å². The Balaban J connectivity index is -0.000000158. The summed E-state index contributed by atoms with van der Waals surface area (Å²) in [4.78, 5) is 2.31. The zero-order valence-corrected chi connectivity index (χ0v) is 11.1. The zero-order valence-electron chi connectivity index (χ0n) is 11.1. The van der Waals surface area contributed by atoms with Crippen molar-refractivity contribution < 1.29 is 9.84 Å². The predicted molar refractivity (Wildman–Crippen MR) is 68.3 cm³/mol. The van der Waals surface area contributed by atoms with E-state index < -0.39 is 0 Å². The maximum absolute atomic E-state index is 7.94. The molecule has 0 amide bonds. The highest BCUT2D eigenvalue weighted by molar-refractivity contribution is 4.51. The number of ether oxygens (including phenoxy) is 1. The van der Waals surface area contributed by atoms with E-state index in [4.69, 9.17) is 5.11 Å². The number of aliphatic hydroxyl groups is 1. The van der Waals surface area contributed by atoms with Gasteiger partial charge in [0.25, 0.3) is 0 Å². The van der Waals surface area contributed by atoms with E-state index in [2.05, 4.69) is 37.1 Å². The standard InChI is InChI=1S/C6H15N.C3H8O2.C3H6/c1-4-6-7(3)5-2;1-5-3-2-4;1-3-2/h4-6H2,1-3H3;4H,2-3H2,1H3;3H,1H2,2H3. The Labute approximate surface area is 95.7 Å². The molecule has 15 heavy (non-hydrogen) atoms. The minimum absolute atomic E-state index is 0.122. The maximum atomic E-state index is 7.94. The first-order chi connectivity index (χ1) is 7.14. The van der Waals surface area contributed by atoms with Crippen LogP contribution < -0.4 is 0 Å². The molecule has 0 aliphatic carbocycles. The van der Waals surface area contributed by atoms with Gasteiger partial charge in [-0.05, 0) is 33.5 Å². The van der Waals surface area contributed by atoms with Gasteiger partial charge in [0, 0.05) is 7.11 Å². The van der Waals surface area contributed by atoms with E-state index in [-0.39, 0.29) is 6.61 Å². The molecule has 94 valence electrons. The molecule has 0 atom stereocenters.